The molecule has 0 amide bonds. The monoisotopic (exact) mass is 270 g/mol. The number of aromatic nitrogens is 1. The first-order valence-electron chi connectivity index (χ1n) is 8.16. The lowest BCUT2D eigenvalue weighted by Crippen LogP contribution is -2.36. The summed E-state index contributed by atoms with van der Waals surface area (Å²) < 4.78 is 0. The van der Waals surface area contributed by atoms with Gasteiger partial charge in [-0.15, -0.1) is 0 Å². The maximum atomic E-state index is 3.80. The van der Waals surface area contributed by atoms with E-state index >= 15 is 0 Å². The second-order valence-corrected chi connectivity index (χ2v) is 6.19. The van der Waals surface area contributed by atoms with Crippen molar-refractivity contribution in [3.8, 4) is 0 Å². The number of rotatable bonds is 5. The smallest absolute Gasteiger partial charge is 0.0457 e. The minimum atomic E-state index is 0.689. The van der Waals surface area contributed by atoms with Crippen molar-refractivity contribution in [3.63, 3.8) is 0 Å². The Morgan fingerprint density at radius 3 is 2.85 bits per heavy atom. The Morgan fingerprint density at radius 2 is 2.05 bits per heavy atom. The van der Waals surface area contributed by atoms with Crippen LogP contribution in [0, 0.1) is 5.92 Å². The highest BCUT2D eigenvalue weighted by Crippen LogP contribution is 2.28. The fraction of sp³-hybridized carbons (Fsp3) is 0.556. The second-order valence-electron chi connectivity index (χ2n) is 6.19. The highest BCUT2D eigenvalue weighted by molar-refractivity contribution is 5.79. The Morgan fingerprint density at radius 1 is 1.20 bits per heavy atom. The lowest BCUT2D eigenvalue weighted by molar-refractivity contribution is 0.262. The summed E-state index contributed by atoms with van der Waals surface area (Å²) in [6.45, 7) is 3.31. The summed E-state index contributed by atoms with van der Waals surface area (Å²) in [6, 6.07) is 9.55. The number of fused-ring (bicyclic) bond motifs is 1. The molecule has 1 aromatic carbocycles. The maximum Gasteiger partial charge on any atom is 0.0457 e. The predicted molar refractivity (Wildman–Crippen MR) is 85.8 cm³/mol. The molecule has 0 saturated heterocycles. The lowest BCUT2D eigenvalue weighted by Gasteiger charge is -2.30. The second kappa shape index (κ2) is 6.45. The van der Waals surface area contributed by atoms with Crippen molar-refractivity contribution < 1.29 is 0 Å². The molecule has 1 heterocycles. The molecule has 2 heteroatoms. The average molecular weight is 270 g/mol. The molecule has 1 unspecified atom stereocenters. The van der Waals surface area contributed by atoms with Gasteiger partial charge in [-0.25, -0.2) is 0 Å². The molecule has 2 N–H and O–H groups in total. The van der Waals surface area contributed by atoms with Crippen molar-refractivity contribution in [2.75, 3.05) is 0 Å². The molecule has 0 radical (unpaired) electrons. The minimum absolute atomic E-state index is 0.689. The predicted octanol–water partition coefficient (Wildman–Crippen LogP) is 4.62. The van der Waals surface area contributed by atoms with Crippen LogP contribution in [0.2, 0.25) is 0 Å². The maximum absolute atomic E-state index is 3.80. The molecular weight excluding hydrogens is 244 g/mol. The van der Waals surface area contributed by atoms with Crippen LogP contribution in [0.1, 0.15) is 51.0 Å². The molecular formula is C18H26N2. The van der Waals surface area contributed by atoms with Crippen LogP contribution < -0.4 is 5.32 Å². The quantitative estimate of drug-likeness (QED) is 0.815. The van der Waals surface area contributed by atoms with Crippen LogP contribution in [-0.4, -0.2) is 11.0 Å². The summed E-state index contributed by atoms with van der Waals surface area (Å²) >= 11 is 0. The van der Waals surface area contributed by atoms with E-state index in [2.05, 4.69) is 41.5 Å². The van der Waals surface area contributed by atoms with Gasteiger partial charge in [-0.05, 0) is 48.3 Å². The summed E-state index contributed by atoms with van der Waals surface area (Å²) in [6.07, 6.45) is 10.4. The molecule has 0 bridgehead atoms. The Balaban J connectivity index is 1.61. The van der Waals surface area contributed by atoms with Crippen molar-refractivity contribution in [1.82, 2.24) is 10.3 Å². The van der Waals surface area contributed by atoms with E-state index in [9.17, 15) is 0 Å². The molecule has 1 aliphatic rings. The number of benzene rings is 1. The lowest BCUT2D eigenvalue weighted by atomic mass is 9.83. The number of H-pyrrole nitrogens is 1. The van der Waals surface area contributed by atoms with Crippen LogP contribution >= 0.6 is 0 Å². The largest absolute Gasteiger partial charge is 0.361 e. The van der Waals surface area contributed by atoms with Crippen LogP contribution in [0.15, 0.2) is 30.5 Å². The van der Waals surface area contributed by atoms with Gasteiger partial charge in [0.05, 0.1) is 0 Å². The van der Waals surface area contributed by atoms with Gasteiger partial charge in [0.1, 0.15) is 0 Å². The zero-order chi connectivity index (χ0) is 13.8. The van der Waals surface area contributed by atoms with Gasteiger partial charge in [-0.1, -0.05) is 38.3 Å². The molecule has 0 aliphatic heterocycles. The van der Waals surface area contributed by atoms with Crippen LogP contribution in [0.4, 0.5) is 0 Å². The summed E-state index contributed by atoms with van der Waals surface area (Å²) in [5.41, 5.74) is 2.63. The highest BCUT2D eigenvalue weighted by atomic mass is 14.9. The van der Waals surface area contributed by atoms with E-state index in [1.807, 2.05) is 6.20 Å². The zero-order valence-corrected chi connectivity index (χ0v) is 12.5. The van der Waals surface area contributed by atoms with Gasteiger partial charge >= 0.3 is 0 Å². The summed E-state index contributed by atoms with van der Waals surface area (Å²) in [5.74, 6) is 0.892. The van der Waals surface area contributed by atoms with Crippen LogP contribution in [0.25, 0.3) is 10.9 Å². The first-order valence-corrected chi connectivity index (χ1v) is 8.16. The van der Waals surface area contributed by atoms with Crippen molar-refractivity contribution in [1.29, 1.82) is 0 Å². The van der Waals surface area contributed by atoms with Gasteiger partial charge in [0.2, 0.25) is 0 Å². The molecule has 2 nitrogen and oxygen atoms in total. The molecule has 20 heavy (non-hydrogen) atoms. The fourth-order valence-electron chi connectivity index (χ4n) is 3.63. The standard InChI is InChI=1S/C18H26N2/c1-2-17(15-6-4-3-5-7-15)20-13-14-8-9-16-10-11-19-18(16)12-14/h8-12,15,17,19-20H,2-7,13H2,1H3. The van der Waals surface area contributed by atoms with E-state index in [-0.39, 0.29) is 0 Å². The topological polar surface area (TPSA) is 27.8 Å². The van der Waals surface area contributed by atoms with Crippen LogP contribution in [0.3, 0.4) is 0 Å². The number of hydrogen-bond donors (Lipinski definition) is 2. The highest BCUT2D eigenvalue weighted by Gasteiger charge is 2.21. The number of aromatic amines is 1. The van der Waals surface area contributed by atoms with Crippen molar-refractivity contribution in [2.45, 2.75) is 58.0 Å². The normalized spacial score (nSPS) is 18.4. The molecule has 1 aromatic heterocycles. The van der Waals surface area contributed by atoms with Gasteiger partial charge in [0.25, 0.3) is 0 Å². The molecule has 1 fully saturated rings. The Kier molecular flexibility index (Phi) is 4.41. The van der Waals surface area contributed by atoms with Gasteiger partial charge in [0.15, 0.2) is 0 Å². The van der Waals surface area contributed by atoms with Crippen molar-refractivity contribution in [3.05, 3.63) is 36.0 Å². The third-order valence-corrected chi connectivity index (χ3v) is 4.85. The van der Waals surface area contributed by atoms with E-state index in [4.69, 9.17) is 0 Å². The number of hydrogen-bond acceptors (Lipinski definition) is 1. The Hall–Kier alpha value is -1.28. The van der Waals surface area contributed by atoms with Crippen LogP contribution in [0.5, 0.6) is 0 Å². The van der Waals surface area contributed by atoms with Crippen LogP contribution in [-0.2, 0) is 6.54 Å². The zero-order valence-electron chi connectivity index (χ0n) is 12.5. The van der Waals surface area contributed by atoms with E-state index in [0.717, 1.165) is 12.5 Å². The van der Waals surface area contributed by atoms with Crippen molar-refractivity contribution >= 4 is 10.9 Å². The molecule has 1 atom stereocenters. The molecule has 1 saturated carbocycles. The SMILES string of the molecule is CCC(NCc1ccc2cc[nH]c2c1)C1CCCCC1. The third-order valence-electron chi connectivity index (χ3n) is 4.85. The molecule has 1 aliphatic carbocycles. The average Bonchev–Trinajstić information content (AvgIpc) is 2.96. The minimum Gasteiger partial charge on any atom is -0.361 e. The van der Waals surface area contributed by atoms with Gasteiger partial charge in [-0.3, -0.25) is 0 Å². The summed E-state index contributed by atoms with van der Waals surface area (Å²) in [7, 11) is 0. The first-order chi connectivity index (χ1) is 9.86. The summed E-state index contributed by atoms with van der Waals surface area (Å²) in [4.78, 5) is 3.30. The van der Waals surface area contributed by atoms with E-state index in [1.165, 1.54) is 55.0 Å². The fourth-order valence-corrected chi connectivity index (χ4v) is 3.63. The van der Waals surface area contributed by atoms with Gasteiger partial charge in [0, 0.05) is 24.3 Å². The molecule has 0 spiro atoms. The van der Waals surface area contributed by atoms with E-state index in [1.54, 1.807) is 0 Å². The summed E-state index contributed by atoms with van der Waals surface area (Å²) in [5, 5.41) is 5.10. The van der Waals surface area contributed by atoms with E-state index < -0.39 is 0 Å². The Labute approximate surface area is 122 Å². The van der Waals surface area contributed by atoms with Gasteiger partial charge in [-0.2, -0.15) is 0 Å². The third kappa shape index (κ3) is 3.06. The molecule has 108 valence electrons. The van der Waals surface area contributed by atoms with E-state index in [0.29, 0.717) is 6.04 Å². The Bertz CT molecular complexity index is 537. The molecule has 3 rings (SSSR count). The van der Waals surface area contributed by atoms with Crippen molar-refractivity contribution in [2.24, 2.45) is 5.92 Å². The van der Waals surface area contributed by atoms with Gasteiger partial charge < -0.3 is 10.3 Å². The first kappa shape index (κ1) is 13.7. The molecule has 2 aromatic rings. The number of nitrogens with one attached hydrogen (secondary N) is 2.